The molecule has 0 unspecified atom stereocenters. The van der Waals surface area contributed by atoms with Crippen LogP contribution in [0.15, 0.2) is 47.4 Å². The molecule has 0 aromatic heterocycles. The van der Waals surface area contributed by atoms with E-state index in [-0.39, 0.29) is 16.9 Å². The second kappa shape index (κ2) is 7.36. The Labute approximate surface area is 144 Å². The lowest BCUT2D eigenvalue weighted by molar-refractivity contribution is 0.406. The lowest BCUT2D eigenvalue weighted by Gasteiger charge is -2.21. The van der Waals surface area contributed by atoms with Gasteiger partial charge in [-0.3, -0.25) is 0 Å². The van der Waals surface area contributed by atoms with Crippen molar-refractivity contribution in [1.82, 2.24) is 4.72 Å². The summed E-state index contributed by atoms with van der Waals surface area (Å²) in [6, 6.07) is 12.1. The molecule has 2 rings (SSSR count). The normalized spacial score (nSPS) is 13.1. The van der Waals surface area contributed by atoms with Crippen LogP contribution in [0.1, 0.15) is 49.4 Å². The fourth-order valence-electron chi connectivity index (χ4n) is 2.77. The summed E-state index contributed by atoms with van der Waals surface area (Å²) in [5, 5.41) is 0. The van der Waals surface area contributed by atoms with E-state index in [1.807, 2.05) is 26.0 Å². The van der Waals surface area contributed by atoms with Crippen LogP contribution < -0.4 is 9.46 Å². The highest BCUT2D eigenvalue weighted by Crippen LogP contribution is 2.32. The molecule has 0 amide bonds. The Kier molecular flexibility index (Phi) is 5.67. The summed E-state index contributed by atoms with van der Waals surface area (Å²) in [6.45, 7) is 8.01. The number of rotatable bonds is 6. The van der Waals surface area contributed by atoms with Crippen LogP contribution in [0.3, 0.4) is 0 Å². The maximum absolute atomic E-state index is 12.5. The zero-order chi connectivity index (χ0) is 17.9. The number of sulfonamides is 1. The Balaban J connectivity index is 2.36. The Bertz CT molecular complexity index is 799. The van der Waals surface area contributed by atoms with Crippen LogP contribution in [0.25, 0.3) is 0 Å². The van der Waals surface area contributed by atoms with Gasteiger partial charge >= 0.3 is 0 Å². The predicted molar refractivity (Wildman–Crippen MR) is 97.0 cm³/mol. The Morgan fingerprint density at radius 1 is 1.00 bits per heavy atom. The minimum Gasteiger partial charge on any atom is -0.496 e. The van der Waals surface area contributed by atoms with Gasteiger partial charge in [0, 0.05) is 6.04 Å². The highest BCUT2D eigenvalue weighted by atomic mass is 32.2. The first-order valence-electron chi connectivity index (χ1n) is 8.02. The predicted octanol–water partition coefficient (Wildman–Crippen LogP) is 4.17. The van der Waals surface area contributed by atoms with E-state index in [1.165, 1.54) is 0 Å². The molecule has 2 aromatic carbocycles. The molecule has 0 aliphatic carbocycles. The summed E-state index contributed by atoms with van der Waals surface area (Å²) in [6.07, 6.45) is 0. The van der Waals surface area contributed by atoms with Gasteiger partial charge in [-0.2, -0.15) is 0 Å². The highest BCUT2D eigenvalue weighted by molar-refractivity contribution is 7.89. The SMILES string of the molecule is COc1cc(C)c([C@H](C)NS(=O)(=O)c2ccccc2)cc1C(C)C. The molecule has 0 radical (unpaired) electrons. The van der Waals surface area contributed by atoms with Gasteiger partial charge in [0.2, 0.25) is 10.0 Å². The number of nitrogens with one attached hydrogen (secondary N) is 1. The molecule has 1 N–H and O–H groups in total. The number of benzene rings is 2. The first-order valence-corrected chi connectivity index (χ1v) is 9.50. The van der Waals surface area contributed by atoms with Crippen LogP contribution in [0.5, 0.6) is 5.75 Å². The molecule has 0 saturated carbocycles. The van der Waals surface area contributed by atoms with Gasteiger partial charge in [0.05, 0.1) is 12.0 Å². The van der Waals surface area contributed by atoms with Crippen LogP contribution >= 0.6 is 0 Å². The fraction of sp³-hybridized carbons (Fsp3) is 0.368. The van der Waals surface area contributed by atoms with Gasteiger partial charge < -0.3 is 4.74 Å². The van der Waals surface area contributed by atoms with Crippen molar-refractivity contribution in [3.8, 4) is 5.75 Å². The van der Waals surface area contributed by atoms with Crippen LogP contribution in [0.2, 0.25) is 0 Å². The van der Waals surface area contributed by atoms with Crippen LogP contribution in [0, 0.1) is 6.92 Å². The fourth-order valence-corrected chi connectivity index (χ4v) is 4.02. The quantitative estimate of drug-likeness (QED) is 0.853. The number of methoxy groups -OCH3 is 1. The van der Waals surface area contributed by atoms with Crippen LogP contribution in [-0.2, 0) is 10.0 Å². The van der Waals surface area contributed by atoms with Gasteiger partial charge in [-0.25, -0.2) is 13.1 Å². The Morgan fingerprint density at radius 2 is 1.62 bits per heavy atom. The van der Waals surface area contributed by atoms with Gasteiger partial charge in [0.1, 0.15) is 5.75 Å². The largest absolute Gasteiger partial charge is 0.496 e. The van der Waals surface area contributed by atoms with Gasteiger partial charge in [-0.1, -0.05) is 32.0 Å². The lowest BCUT2D eigenvalue weighted by Crippen LogP contribution is -2.27. The monoisotopic (exact) mass is 347 g/mol. The molecular formula is C19H25NO3S. The van der Waals surface area contributed by atoms with Crippen LogP contribution in [-0.4, -0.2) is 15.5 Å². The Hall–Kier alpha value is -1.85. The summed E-state index contributed by atoms with van der Waals surface area (Å²) < 4.78 is 33.3. The maximum Gasteiger partial charge on any atom is 0.241 e. The van der Waals surface area contributed by atoms with E-state index in [1.54, 1.807) is 37.4 Å². The molecule has 0 fully saturated rings. The molecular weight excluding hydrogens is 322 g/mol. The second-order valence-electron chi connectivity index (χ2n) is 6.26. The molecule has 0 saturated heterocycles. The van der Waals surface area contributed by atoms with Gasteiger partial charge in [0.15, 0.2) is 0 Å². The number of hydrogen-bond acceptors (Lipinski definition) is 3. The van der Waals surface area contributed by atoms with Crippen molar-refractivity contribution in [3.63, 3.8) is 0 Å². The van der Waals surface area contributed by atoms with Crippen molar-refractivity contribution in [2.24, 2.45) is 0 Å². The maximum atomic E-state index is 12.5. The number of ether oxygens (including phenoxy) is 1. The number of aryl methyl sites for hydroxylation is 1. The van der Waals surface area contributed by atoms with Crippen molar-refractivity contribution in [1.29, 1.82) is 0 Å². The van der Waals surface area contributed by atoms with Crippen molar-refractivity contribution in [2.45, 2.75) is 44.6 Å². The molecule has 0 aliphatic heterocycles. The third-order valence-corrected chi connectivity index (χ3v) is 5.65. The second-order valence-corrected chi connectivity index (χ2v) is 7.98. The van der Waals surface area contributed by atoms with E-state index in [9.17, 15) is 8.42 Å². The van der Waals surface area contributed by atoms with Gasteiger partial charge in [0.25, 0.3) is 0 Å². The van der Waals surface area contributed by atoms with Gasteiger partial charge in [-0.05, 0) is 60.7 Å². The molecule has 0 aliphatic rings. The van der Waals surface area contributed by atoms with Crippen molar-refractivity contribution < 1.29 is 13.2 Å². The highest BCUT2D eigenvalue weighted by Gasteiger charge is 2.21. The first kappa shape index (κ1) is 18.5. The number of hydrogen-bond donors (Lipinski definition) is 1. The molecule has 24 heavy (non-hydrogen) atoms. The van der Waals surface area contributed by atoms with E-state index in [2.05, 4.69) is 18.6 Å². The van der Waals surface area contributed by atoms with E-state index < -0.39 is 10.0 Å². The third kappa shape index (κ3) is 3.97. The first-order chi connectivity index (χ1) is 11.3. The van der Waals surface area contributed by atoms with Crippen molar-refractivity contribution >= 4 is 10.0 Å². The Morgan fingerprint density at radius 3 is 2.17 bits per heavy atom. The van der Waals surface area contributed by atoms with E-state index >= 15 is 0 Å². The summed E-state index contributed by atoms with van der Waals surface area (Å²) >= 11 is 0. The standard InChI is InChI=1S/C19H25NO3S/c1-13(2)17-12-18(14(3)11-19(17)23-5)15(4)20-24(21,22)16-9-7-6-8-10-16/h6-13,15,20H,1-5H3/t15-/m0/s1. The molecule has 4 nitrogen and oxygen atoms in total. The minimum absolute atomic E-state index is 0.270. The average molecular weight is 347 g/mol. The average Bonchev–Trinajstić information content (AvgIpc) is 2.54. The molecule has 5 heteroatoms. The summed E-state index contributed by atoms with van der Waals surface area (Å²) in [5.74, 6) is 1.13. The van der Waals surface area contributed by atoms with Crippen molar-refractivity contribution in [3.05, 3.63) is 59.2 Å². The summed E-state index contributed by atoms with van der Waals surface area (Å²) in [5.41, 5.74) is 3.03. The molecule has 0 heterocycles. The van der Waals surface area contributed by atoms with E-state index in [4.69, 9.17) is 4.74 Å². The van der Waals surface area contributed by atoms with Crippen LogP contribution in [0.4, 0.5) is 0 Å². The van der Waals surface area contributed by atoms with Gasteiger partial charge in [-0.15, -0.1) is 0 Å². The van der Waals surface area contributed by atoms with E-state index in [0.717, 1.165) is 22.4 Å². The summed E-state index contributed by atoms with van der Waals surface area (Å²) in [7, 11) is -1.90. The molecule has 2 aromatic rings. The zero-order valence-electron chi connectivity index (χ0n) is 14.8. The molecule has 0 spiro atoms. The van der Waals surface area contributed by atoms with Crippen molar-refractivity contribution in [2.75, 3.05) is 7.11 Å². The smallest absolute Gasteiger partial charge is 0.241 e. The molecule has 1 atom stereocenters. The molecule has 0 bridgehead atoms. The third-order valence-electron chi connectivity index (χ3n) is 4.09. The topological polar surface area (TPSA) is 55.4 Å². The lowest BCUT2D eigenvalue weighted by atomic mass is 9.94. The molecule has 130 valence electrons. The minimum atomic E-state index is -3.55. The van der Waals surface area contributed by atoms with E-state index in [0.29, 0.717) is 0 Å². The zero-order valence-corrected chi connectivity index (χ0v) is 15.6. The summed E-state index contributed by atoms with van der Waals surface area (Å²) in [4.78, 5) is 0.270.